The average Bonchev–Trinajstić information content (AvgIpc) is 2.73. The van der Waals surface area contributed by atoms with Gasteiger partial charge >= 0.3 is 0 Å². The Labute approximate surface area is 122 Å². The molecule has 0 aliphatic heterocycles. The zero-order valence-corrected chi connectivity index (χ0v) is 12.7. The van der Waals surface area contributed by atoms with E-state index in [2.05, 4.69) is 19.2 Å². The lowest BCUT2D eigenvalue weighted by molar-refractivity contribution is 0.589. The molecule has 0 aliphatic rings. The van der Waals surface area contributed by atoms with Crippen molar-refractivity contribution in [2.45, 2.75) is 26.4 Å². The molecule has 1 N–H and O–H groups in total. The SMILES string of the molecule is CC(C)NCc1cc(Cl)ccc1-c1sccc1Cl. The Morgan fingerprint density at radius 3 is 2.61 bits per heavy atom. The van der Waals surface area contributed by atoms with Crippen LogP contribution in [0.15, 0.2) is 29.6 Å². The third-order valence-electron chi connectivity index (χ3n) is 2.63. The van der Waals surface area contributed by atoms with Gasteiger partial charge in [-0.05, 0) is 34.7 Å². The van der Waals surface area contributed by atoms with Gasteiger partial charge in [0, 0.05) is 17.6 Å². The zero-order chi connectivity index (χ0) is 13.1. The Bertz CT molecular complexity index is 534. The van der Waals surface area contributed by atoms with Crippen LogP contribution in [0, 0.1) is 0 Å². The van der Waals surface area contributed by atoms with Crippen molar-refractivity contribution in [1.29, 1.82) is 0 Å². The van der Waals surface area contributed by atoms with E-state index in [-0.39, 0.29) is 0 Å². The molecular formula is C14H15Cl2NS. The fourth-order valence-corrected chi connectivity index (χ4v) is 3.14. The van der Waals surface area contributed by atoms with Crippen molar-refractivity contribution in [3.8, 4) is 10.4 Å². The molecule has 2 aromatic rings. The van der Waals surface area contributed by atoms with Gasteiger partial charge < -0.3 is 5.32 Å². The molecule has 0 aliphatic carbocycles. The van der Waals surface area contributed by atoms with Crippen LogP contribution in [0.25, 0.3) is 10.4 Å². The highest BCUT2D eigenvalue weighted by Crippen LogP contribution is 2.36. The molecule has 0 fully saturated rings. The Hall–Kier alpha value is -0.540. The molecule has 0 bridgehead atoms. The summed E-state index contributed by atoms with van der Waals surface area (Å²) in [7, 11) is 0. The van der Waals surface area contributed by atoms with Gasteiger partial charge in [-0.25, -0.2) is 0 Å². The molecule has 0 spiro atoms. The first-order valence-electron chi connectivity index (χ1n) is 5.83. The quantitative estimate of drug-likeness (QED) is 0.816. The first kappa shape index (κ1) is 13.9. The van der Waals surface area contributed by atoms with Crippen molar-refractivity contribution in [1.82, 2.24) is 5.32 Å². The zero-order valence-electron chi connectivity index (χ0n) is 10.3. The fraction of sp³-hybridized carbons (Fsp3) is 0.286. The summed E-state index contributed by atoms with van der Waals surface area (Å²) in [5.74, 6) is 0. The van der Waals surface area contributed by atoms with Crippen molar-refractivity contribution >= 4 is 34.5 Å². The minimum absolute atomic E-state index is 0.440. The Kier molecular flexibility index (Phi) is 4.68. The van der Waals surface area contributed by atoms with Gasteiger partial charge in [-0.1, -0.05) is 43.1 Å². The van der Waals surface area contributed by atoms with Crippen LogP contribution in [0.4, 0.5) is 0 Å². The molecule has 0 radical (unpaired) electrons. The van der Waals surface area contributed by atoms with E-state index in [9.17, 15) is 0 Å². The molecular weight excluding hydrogens is 285 g/mol. The standard InChI is InChI=1S/C14H15Cl2NS/c1-9(2)17-8-10-7-11(15)3-4-12(10)14-13(16)5-6-18-14/h3-7,9,17H,8H2,1-2H3. The summed E-state index contributed by atoms with van der Waals surface area (Å²) < 4.78 is 0. The second-order valence-corrected chi connectivity index (χ2v) is 6.19. The van der Waals surface area contributed by atoms with Crippen LogP contribution < -0.4 is 5.32 Å². The molecule has 96 valence electrons. The predicted molar refractivity (Wildman–Crippen MR) is 81.8 cm³/mol. The summed E-state index contributed by atoms with van der Waals surface area (Å²) in [5, 5.41) is 6.98. The molecule has 0 saturated heterocycles. The lowest BCUT2D eigenvalue weighted by Crippen LogP contribution is -2.22. The van der Waals surface area contributed by atoms with Crippen molar-refractivity contribution in [2.75, 3.05) is 0 Å². The monoisotopic (exact) mass is 299 g/mol. The van der Waals surface area contributed by atoms with E-state index in [1.165, 1.54) is 5.56 Å². The number of benzene rings is 1. The summed E-state index contributed by atoms with van der Waals surface area (Å²) in [6.45, 7) is 5.05. The number of rotatable bonds is 4. The molecule has 1 nitrogen and oxygen atoms in total. The maximum absolute atomic E-state index is 6.21. The summed E-state index contributed by atoms with van der Waals surface area (Å²) in [6, 6.07) is 8.32. The summed E-state index contributed by atoms with van der Waals surface area (Å²) in [6.07, 6.45) is 0. The minimum Gasteiger partial charge on any atom is -0.310 e. The molecule has 0 unspecified atom stereocenters. The second kappa shape index (κ2) is 6.07. The molecule has 18 heavy (non-hydrogen) atoms. The molecule has 0 atom stereocenters. The number of nitrogens with one attached hydrogen (secondary N) is 1. The maximum atomic E-state index is 6.21. The summed E-state index contributed by atoms with van der Waals surface area (Å²) >= 11 is 13.9. The highest BCUT2D eigenvalue weighted by Gasteiger charge is 2.11. The molecule has 0 saturated carbocycles. The molecule has 1 heterocycles. The largest absolute Gasteiger partial charge is 0.310 e. The lowest BCUT2D eigenvalue weighted by atomic mass is 10.1. The number of halogens is 2. The van der Waals surface area contributed by atoms with Crippen LogP contribution in [0.3, 0.4) is 0 Å². The Morgan fingerprint density at radius 1 is 1.22 bits per heavy atom. The van der Waals surface area contributed by atoms with E-state index in [1.54, 1.807) is 11.3 Å². The van der Waals surface area contributed by atoms with Gasteiger partial charge in [0.15, 0.2) is 0 Å². The van der Waals surface area contributed by atoms with Crippen LogP contribution in [-0.2, 0) is 6.54 Å². The predicted octanol–water partition coefficient (Wildman–Crippen LogP) is 5.22. The minimum atomic E-state index is 0.440. The van der Waals surface area contributed by atoms with Gasteiger partial charge in [-0.2, -0.15) is 0 Å². The third kappa shape index (κ3) is 3.27. The van der Waals surface area contributed by atoms with E-state index in [1.807, 2.05) is 29.6 Å². The molecule has 1 aromatic heterocycles. The smallest absolute Gasteiger partial charge is 0.0592 e. The van der Waals surface area contributed by atoms with Crippen molar-refractivity contribution in [2.24, 2.45) is 0 Å². The molecule has 0 amide bonds. The van der Waals surface area contributed by atoms with E-state index in [0.717, 1.165) is 27.0 Å². The van der Waals surface area contributed by atoms with Gasteiger partial charge in [-0.15, -0.1) is 11.3 Å². The van der Waals surface area contributed by atoms with E-state index >= 15 is 0 Å². The molecule has 4 heteroatoms. The summed E-state index contributed by atoms with van der Waals surface area (Å²) in [4.78, 5) is 1.11. The Morgan fingerprint density at radius 2 is 2.00 bits per heavy atom. The molecule has 2 rings (SSSR count). The maximum Gasteiger partial charge on any atom is 0.0592 e. The first-order valence-corrected chi connectivity index (χ1v) is 7.46. The van der Waals surface area contributed by atoms with Crippen molar-refractivity contribution in [3.05, 3.63) is 45.3 Å². The normalized spacial score (nSPS) is 11.2. The number of thiophene rings is 1. The third-order valence-corrected chi connectivity index (χ3v) is 4.24. The lowest BCUT2D eigenvalue weighted by Gasteiger charge is -2.12. The van der Waals surface area contributed by atoms with Crippen LogP contribution in [0.1, 0.15) is 19.4 Å². The van der Waals surface area contributed by atoms with Gasteiger partial charge in [0.1, 0.15) is 0 Å². The number of hydrogen-bond acceptors (Lipinski definition) is 2. The van der Waals surface area contributed by atoms with Gasteiger partial charge in [-0.3, -0.25) is 0 Å². The van der Waals surface area contributed by atoms with Gasteiger partial charge in [0.25, 0.3) is 0 Å². The van der Waals surface area contributed by atoms with Crippen LogP contribution in [0.5, 0.6) is 0 Å². The van der Waals surface area contributed by atoms with Crippen LogP contribution >= 0.6 is 34.5 Å². The fourth-order valence-electron chi connectivity index (χ4n) is 1.73. The number of hydrogen-bond donors (Lipinski definition) is 1. The second-order valence-electron chi connectivity index (χ2n) is 4.43. The van der Waals surface area contributed by atoms with Gasteiger partial charge in [0.2, 0.25) is 0 Å². The average molecular weight is 300 g/mol. The van der Waals surface area contributed by atoms with E-state index in [4.69, 9.17) is 23.2 Å². The van der Waals surface area contributed by atoms with E-state index < -0.39 is 0 Å². The Balaban J connectivity index is 2.37. The highest BCUT2D eigenvalue weighted by molar-refractivity contribution is 7.14. The topological polar surface area (TPSA) is 12.0 Å². The summed E-state index contributed by atoms with van der Waals surface area (Å²) in [5.41, 5.74) is 2.34. The van der Waals surface area contributed by atoms with Crippen molar-refractivity contribution in [3.63, 3.8) is 0 Å². The van der Waals surface area contributed by atoms with Crippen LogP contribution in [0.2, 0.25) is 10.0 Å². The van der Waals surface area contributed by atoms with Crippen LogP contribution in [-0.4, -0.2) is 6.04 Å². The van der Waals surface area contributed by atoms with E-state index in [0.29, 0.717) is 6.04 Å². The highest BCUT2D eigenvalue weighted by atomic mass is 35.5. The van der Waals surface area contributed by atoms with Gasteiger partial charge in [0.05, 0.1) is 9.90 Å². The molecule has 1 aromatic carbocycles. The first-order chi connectivity index (χ1) is 8.58. The van der Waals surface area contributed by atoms with Crippen molar-refractivity contribution < 1.29 is 0 Å².